The van der Waals surface area contributed by atoms with E-state index < -0.39 is 18.8 Å². The lowest BCUT2D eigenvalue weighted by Crippen LogP contribution is -2.42. The number of hydrogen-bond donors (Lipinski definition) is 1. The van der Waals surface area contributed by atoms with Crippen LogP contribution >= 0.6 is 0 Å². The molecule has 4 atom stereocenters. The Balaban J connectivity index is 1.26. The van der Waals surface area contributed by atoms with Gasteiger partial charge in [0.15, 0.2) is 11.5 Å². The summed E-state index contributed by atoms with van der Waals surface area (Å²) in [5.74, 6) is 1.62. The molecule has 0 radical (unpaired) electrons. The van der Waals surface area contributed by atoms with E-state index in [-0.39, 0.29) is 35.8 Å². The summed E-state index contributed by atoms with van der Waals surface area (Å²) in [6.07, 6.45) is -0.00903. The fourth-order valence-corrected chi connectivity index (χ4v) is 4.82. The van der Waals surface area contributed by atoms with Gasteiger partial charge in [0.1, 0.15) is 17.6 Å². The number of aliphatic hydroxyl groups excluding tert-OH is 1. The first-order valence-electron chi connectivity index (χ1n) is 10.6. The third-order valence-electron chi connectivity index (χ3n) is 6.34. The molecule has 7 nitrogen and oxygen atoms in total. The van der Waals surface area contributed by atoms with Crippen LogP contribution < -0.4 is 18.9 Å². The summed E-state index contributed by atoms with van der Waals surface area (Å²) in [7, 11) is 0. The van der Waals surface area contributed by atoms with Crippen LogP contribution in [0.4, 0.5) is 8.78 Å². The molecule has 9 heteroatoms. The maximum absolute atomic E-state index is 13.0. The number of alkyl halides is 2. The van der Waals surface area contributed by atoms with Gasteiger partial charge in [-0.1, -0.05) is 12.1 Å². The second kappa shape index (κ2) is 8.46. The van der Waals surface area contributed by atoms with Crippen molar-refractivity contribution in [3.05, 3.63) is 48.0 Å². The molecular formula is C23H23F2NO6. The Bertz CT molecular complexity index is 1000. The van der Waals surface area contributed by atoms with Gasteiger partial charge in [0.25, 0.3) is 5.91 Å². The highest BCUT2D eigenvalue weighted by Crippen LogP contribution is 2.40. The van der Waals surface area contributed by atoms with Gasteiger partial charge in [-0.15, -0.1) is 0 Å². The van der Waals surface area contributed by atoms with Crippen LogP contribution in [0.3, 0.4) is 0 Å². The van der Waals surface area contributed by atoms with E-state index in [1.807, 2.05) is 0 Å². The van der Waals surface area contributed by atoms with Crippen molar-refractivity contribution in [1.29, 1.82) is 0 Å². The van der Waals surface area contributed by atoms with Crippen molar-refractivity contribution in [1.82, 2.24) is 4.90 Å². The van der Waals surface area contributed by atoms with Gasteiger partial charge in [0, 0.05) is 19.2 Å². The Morgan fingerprint density at radius 1 is 1.06 bits per heavy atom. The number of rotatable bonds is 5. The molecule has 2 aromatic carbocycles. The van der Waals surface area contributed by atoms with Crippen molar-refractivity contribution in [3.63, 3.8) is 0 Å². The second-order valence-electron chi connectivity index (χ2n) is 8.32. The highest BCUT2D eigenvalue weighted by molar-refractivity contribution is 5.97. The van der Waals surface area contributed by atoms with Gasteiger partial charge in [0.05, 0.1) is 11.7 Å². The minimum atomic E-state index is -3.01. The molecule has 2 aliphatic heterocycles. The van der Waals surface area contributed by atoms with Crippen molar-refractivity contribution in [2.24, 2.45) is 11.8 Å². The number of likely N-dealkylation sites (tertiary alicyclic amines) is 1. The van der Waals surface area contributed by atoms with Crippen LogP contribution in [0.2, 0.25) is 0 Å². The summed E-state index contributed by atoms with van der Waals surface area (Å²) in [6.45, 7) is -1.90. The van der Waals surface area contributed by atoms with Gasteiger partial charge in [0.2, 0.25) is 6.79 Å². The van der Waals surface area contributed by atoms with Crippen molar-refractivity contribution in [3.8, 4) is 23.0 Å². The number of carbonyl (C=O) groups excluding carboxylic acids is 1. The van der Waals surface area contributed by atoms with Crippen LogP contribution in [-0.2, 0) is 0 Å². The van der Waals surface area contributed by atoms with Crippen LogP contribution in [0.5, 0.6) is 23.0 Å². The standard InChI is InChI=1S/C23H23F2NO6/c24-23(25)32-18-4-2-1-3-16(18)22(28)26-10-13-7-17(27)20(8-14(13)11-26)31-15-5-6-19-21(9-15)30-12-29-19/h1-6,9,13-14,17,20,23,27H,7-8,10-12H2/t13-,14+,17+,20+/m0/s1. The van der Waals surface area contributed by atoms with Crippen molar-refractivity contribution >= 4 is 5.91 Å². The maximum Gasteiger partial charge on any atom is 0.387 e. The van der Waals surface area contributed by atoms with Gasteiger partial charge in [-0.3, -0.25) is 4.79 Å². The first kappa shape index (κ1) is 20.8. The SMILES string of the molecule is O=C(c1ccccc1OC(F)F)N1C[C@H]2C[C@@H](Oc3ccc4c(c3)OCO4)[C@H](O)C[C@H]2C1. The lowest BCUT2D eigenvalue weighted by molar-refractivity contribution is -0.0502. The van der Waals surface area contributed by atoms with Gasteiger partial charge >= 0.3 is 6.61 Å². The second-order valence-corrected chi connectivity index (χ2v) is 8.32. The molecule has 0 aromatic heterocycles. The fourth-order valence-electron chi connectivity index (χ4n) is 4.82. The topological polar surface area (TPSA) is 77.5 Å². The average molecular weight is 447 g/mol. The maximum atomic E-state index is 13.0. The Morgan fingerprint density at radius 3 is 2.62 bits per heavy atom. The smallest absolute Gasteiger partial charge is 0.387 e. The van der Waals surface area contributed by atoms with Crippen LogP contribution in [0.15, 0.2) is 42.5 Å². The van der Waals surface area contributed by atoms with E-state index in [2.05, 4.69) is 4.74 Å². The summed E-state index contributed by atoms with van der Waals surface area (Å²) < 4.78 is 46.7. The first-order valence-corrected chi connectivity index (χ1v) is 10.6. The van der Waals surface area contributed by atoms with Crippen LogP contribution in [0, 0.1) is 11.8 Å². The molecule has 0 spiro atoms. The molecule has 170 valence electrons. The third-order valence-corrected chi connectivity index (χ3v) is 6.34. The molecule has 2 fully saturated rings. The monoisotopic (exact) mass is 447 g/mol. The zero-order chi connectivity index (χ0) is 22.2. The number of ether oxygens (including phenoxy) is 4. The Morgan fingerprint density at radius 2 is 1.81 bits per heavy atom. The number of hydrogen-bond acceptors (Lipinski definition) is 6. The predicted molar refractivity (Wildman–Crippen MR) is 108 cm³/mol. The lowest BCUT2D eigenvalue weighted by Gasteiger charge is -2.35. The summed E-state index contributed by atoms with van der Waals surface area (Å²) in [6, 6.07) is 11.3. The molecule has 32 heavy (non-hydrogen) atoms. The summed E-state index contributed by atoms with van der Waals surface area (Å²) >= 11 is 0. The Kier molecular flexibility index (Phi) is 5.50. The minimum absolute atomic E-state index is 0.111. The fraction of sp³-hybridized carbons (Fsp3) is 0.435. The molecular weight excluding hydrogens is 424 g/mol. The van der Waals surface area contributed by atoms with Crippen LogP contribution in [-0.4, -0.2) is 54.6 Å². The van der Waals surface area contributed by atoms with Crippen molar-refractivity contribution in [2.75, 3.05) is 19.9 Å². The number of benzene rings is 2. The largest absolute Gasteiger partial charge is 0.488 e. The summed E-state index contributed by atoms with van der Waals surface area (Å²) in [5, 5.41) is 10.7. The average Bonchev–Trinajstić information content (AvgIpc) is 3.40. The number of amides is 1. The van der Waals surface area contributed by atoms with E-state index in [1.54, 1.807) is 35.2 Å². The Hall–Kier alpha value is -3.07. The number of fused-ring (bicyclic) bond motifs is 2. The molecule has 2 aromatic rings. The summed E-state index contributed by atoms with van der Waals surface area (Å²) in [5.41, 5.74) is 0.111. The minimum Gasteiger partial charge on any atom is -0.488 e. The highest BCUT2D eigenvalue weighted by atomic mass is 19.3. The van der Waals surface area contributed by atoms with E-state index in [9.17, 15) is 18.7 Å². The van der Waals surface area contributed by atoms with Gasteiger partial charge < -0.3 is 29.0 Å². The van der Waals surface area contributed by atoms with Crippen molar-refractivity contribution < 1.29 is 37.6 Å². The highest BCUT2D eigenvalue weighted by Gasteiger charge is 2.44. The molecule has 1 N–H and O–H groups in total. The zero-order valence-corrected chi connectivity index (χ0v) is 17.2. The number of nitrogens with zero attached hydrogens (tertiary/aromatic N) is 1. The molecule has 2 heterocycles. The van der Waals surface area contributed by atoms with Gasteiger partial charge in [-0.25, -0.2) is 0 Å². The predicted octanol–water partition coefficient (Wildman–Crippen LogP) is 3.31. The van der Waals surface area contributed by atoms with E-state index in [0.29, 0.717) is 43.2 Å². The quantitative estimate of drug-likeness (QED) is 0.758. The third kappa shape index (κ3) is 4.04. The van der Waals surface area contributed by atoms with Crippen LogP contribution in [0.25, 0.3) is 0 Å². The van der Waals surface area contributed by atoms with E-state index in [1.165, 1.54) is 12.1 Å². The van der Waals surface area contributed by atoms with Gasteiger partial charge in [-0.05, 0) is 48.9 Å². The number of aliphatic hydroxyl groups is 1. The van der Waals surface area contributed by atoms with Crippen molar-refractivity contribution in [2.45, 2.75) is 31.7 Å². The zero-order valence-electron chi connectivity index (χ0n) is 17.2. The van der Waals surface area contributed by atoms with Crippen LogP contribution in [0.1, 0.15) is 23.2 Å². The Labute approximate surface area is 183 Å². The van der Waals surface area contributed by atoms with E-state index in [0.717, 1.165) is 0 Å². The first-order chi connectivity index (χ1) is 15.5. The number of halogens is 2. The van der Waals surface area contributed by atoms with E-state index in [4.69, 9.17) is 14.2 Å². The normalized spacial score (nSPS) is 26.2. The number of carbonyl (C=O) groups is 1. The molecule has 1 saturated carbocycles. The van der Waals surface area contributed by atoms with E-state index >= 15 is 0 Å². The molecule has 1 saturated heterocycles. The molecule has 1 aliphatic carbocycles. The molecule has 5 rings (SSSR count). The molecule has 0 unspecified atom stereocenters. The summed E-state index contributed by atoms with van der Waals surface area (Å²) in [4.78, 5) is 14.7. The van der Waals surface area contributed by atoms with Gasteiger partial charge in [-0.2, -0.15) is 8.78 Å². The molecule has 1 amide bonds. The molecule has 3 aliphatic rings. The molecule has 0 bridgehead atoms. The lowest BCUT2D eigenvalue weighted by atomic mass is 9.78. The number of para-hydroxylation sites is 1.